The minimum Gasteiger partial charge on any atom is -0.306 e. The predicted octanol–water partition coefficient (Wildman–Crippen LogP) is 1.24. The second kappa shape index (κ2) is 5.61. The topological polar surface area (TPSA) is 23.6 Å². The molecule has 0 radical (unpaired) electrons. The van der Waals surface area contributed by atoms with Crippen molar-refractivity contribution >= 4 is 5.78 Å². The molecule has 0 unspecified atom stereocenters. The molecule has 0 aromatic rings. The van der Waals surface area contributed by atoms with E-state index in [-0.39, 0.29) is 5.92 Å². The lowest BCUT2D eigenvalue weighted by atomic mass is 10.0. The number of likely N-dealkylation sites (tertiary alicyclic amines) is 1. The Morgan fingerprint density at radius 3 is 2.40 bits per heavy atom. The molecule has 1 aliphatic heterocycles. The van der Waals surface area contributed by atoms with Crippen LogP contribution in [0.4, 0.5) is 0 Å². The summed E-state index contributed by atoms with van der Waals surface area (Å²) in [4.78, 5) is 16.2. The number of Topliss-reactive ketones (excluding diaryl/α,β-unsaturated/α-hetero) is 1. The summed E-state index contributed by atoms with van der Waals surface area (Å²) in [5.74, 6) is 0.523. The van der Waals surface area contributed by atoms with E-state index in [1.807, 2.05) is 13.8 Å². The lowest BCUT2D eigenvalue weighted by Crippen LogP contribution is -2.44. The van der Waals surface area contributed by atoms with Crippen LogP contribution in [0, 0.1) is 5.92 Å². The fourth-order valence-electron chi connectivity index (χ4n) is 1.99. The summed E-state index contributed by atoms with van der Waals surface area (Å²) in [5, 5.41) is 0. The molecule has 0 aromatic carbocycles. The van der Waals surface area contributed by atoms with Gasteiger partial charge in [-0.2, -0.15) is 0 Å². The molecule has 0 aliphatic carbocycles. The van der Waals surface area contributed by atoms with E-state index >= 15 is 0 Å². The van der Waals surface area contributed by atoms with Gasteiger partial charge in [0.25, 0.3) is 0 Å². The average molecular weight is 212 g/mol. The van der Waals surface area contributed by atoms with Gasteiger partial charge in [-0.3, -0.25) is 9.69 Å². The van der Waals surface area contributed by atoms with Crippen LogP contribution in [-0.2, 0) is 4.79 Å². The summed E-state index contributed by atoms with van der Waals surface area (Å²) in [6.45, 7) is 6.89. The van der Waals surface area contributed by atoms with Crippen molar-refractivity contribution in [3.63, 3.8) is 0 Å². The lowest BCUT2D eigenvalue weighted by Gasteiger charge is -2.35. The van der Waals surface area contributed by atoms with Crippen molar-refractivity contribution < 1.29 is 4.79 Å². The molecule has 1 rings (SSSR count). The van der Waals surface area contributed by atoms with E-state index < -0.39 is 0 Å². The number of hydrogen-bond donors (Lipinski definition) is 0. The minimum atomic E-state index is 0.165. The second-order valence-electron chi connectivity index (χ2n) is 5.07. The molecular weight excluding hydrogens is 188 g/mol. The van der Waals surface area contributed by atoms with Crippen molar-refractivity contribution in [2.75, 3.05) is 33.7 Å². The summed E-state index contributed by atoms with van der Waals surface area (Å²) in [5.41, 5.74) is 0. The number of nitrogens with zero attached hydrogens (tertiary/aromatic N) is 2. The third-order valence-electron chi connectivity index (χ3n) is 3.36. The summed E-state index contributed by atoms with van der Waals surface area (Å²) in [7, 11) is 4.24. The van der Waals surface area contributed by atoms with Crippen molar-refractivity contribution in [1.82, 2.24) is 9.80 Å². The Morgan fingerprint density at radius 1 is 1.40 bits per heavy atom. The van der Waals surface area contributed by atoms with E-state index in [4.69, 9.17) is 0 Å². The van der Waals surface area contributed by atoms with E-state index in [1.165, 1.54) is 12.8 Å². The molecular formula is C12H24N2O. The van der Waals surface area contributed by atoms with Gasteiger partial charge in [-0.1, -0.05) is 13.8 Å². The summed E-state index contributed by atoms with van der Waals surface area (Å²) >= 11 is 0. The van der Waals surface area contributed by atoms with E-state index in [9.17, 15) is 4.79 Å². The number of ketones is 1. The Morgan fingerprint density at radius 2 is 1.93 bits per heavy atom. The maximum Gasteiger partial charge on any atom is 0.149 e. The number of carbonyl (C=O) groups excluding carboxylic acids is 1. The van der Waals surface area contributed by atoms with E-state index in [2.05, 4.69) is 23.9 Å². The Labute approximate surface area is 93.4 Å². The van der Waals surface area contributed by atoms with Gasteiger partial charge in [0.05, 0.1) is 6.54 Å². The third kappa shape index (κ3) is 3.92. The van der Waals surface area contributed by atoms with Gasteiger partial charge in [0.15, 0.2) is 0 Å². The molecule has 3 nitrogen and oxygen atoms in total. The van der Waals surface area contributed by atoms with Crippen molar-refractivity contribution in [3.05, 3.63) is 0 Å². The Hall–Kier alpha value is -0.410. The molecule has 0 aromatic heterocycles. The standard InChI is InChI=1S/C12H24N2O/c1-10(2)12(15)9-14(4)11-5-7-13(3)8-6-11/h10-11H,5-9H2,1-4H3. The predicted molar refractivity (Wildman–Crippen MR) is 63.0 cm³/mol. The molecule has 0 spiro atoms. The molecule has 0 bridgehead atoms. The van der Waals surface area contributed by atoms with Crippen LogP contribution in [-0.4, -0.2) is 55.4 Å². The molecule has 1 heterocycles. The van der Waals surface area contributed by atoms with E-state index in [1.54, 1.807) is 0 Å². The Balaban J connectivity index is 2.34. The van der Waals surface area contributed by atoms with Gasteiger partial charge in [-0.05, 0) is 40.0 Å². The summed E-state index contributed by atoms with van der Waals surface area (Å²) in [6.07, 6.45) is 2.39. The zero-order chi connectivity index (χ0) is 11.4. The van der Waals surface area contributed by atoms with Gasteiger partial charge in [0.2, 0.25) is 0 Å². The van der Waals surface area contributed by atoms with Gasteiger partial charge in [-0.15, -0.1) is 0 Å². The largest absolute Gasteiger partial charge is 0.306 e. The fraction of sp³-hybridized carbons (Fsp3) is 0.917. The Bertz CT molecular complexity index is 208. The van der Waals surface area contributed by atoms with Crippen LogP contribution < -0.4 is 0 Å². The molecule has 0 atom stereocenters. The summed E-state index contributed by atoms with van der Waals surface area (Å²) < 4.78 is 0. The van der Waals surface area contributed by atoms with E-state index in [0.29, 0.717) is 18.4 Å². The van der Waals surface area contributed by atoms with Gasteiger partial charge in [0, 0.05) is 12.0 Å². The quantitative estimate of drug-likeness (QED) is 0.700. The van der Waals surface area contributed by atoms with Crippen molar-refractivity contribution in [3.8, 4) is 0 Å². The number of hydrogen-bond acceptors (Lipinski definition) is 3. The normalized spacial score (nSPS) is 20.1. The minimum absolute atomic E-state index is 0.165. The van der Waals surface area contributed by atoms with Gasteiger partial charge < -0.3 is 4.90 Å². The third-order valence-corrected chi connectivity index (χ3v) is 3.36. The van der Waals surface area contributed by atoms with Crippen LogP contribution in [0.3, 0.4) is 0 Å². The monoisotopic (exact) mass is 212 g/mol. The molecule has 0 saturated carbocycles. The van der Waals surface area contributed by atoms with E-state index in [0.717, 1.165) is 13.1 Å². The number of piperidine rings is 1. The van der Waals surface area contributed by atoms with Crippen molar-refractivity contribution in [1.29, 1.82) is 0 Å². The zero-order valence-corrected chi connectivity index (χ0v) is 10.5. The molecule has 1 fully saturated rings. The first-order valence-electron chi connectivity index (χ1n) is 5.92. The second-order valence-corrected chi connectivity index (χ2v) is 5.07. The molecule has 88 valence electrons. The van der Waals surface area contributed by atoms with Crippen molar-refractivity contribution in [2.24, 2.45) is 5.92 Å². The SMILES string of the molecule is CC(C)C(=O)CN(C)C1CCN(C)CC1. The van der Waals surface area contributed by atoms with Gasteiger partial charge in [-0.25, -0.2) is 0 Å². The van der Waals surface area contributed by atoms with Crippen LogP contribution in [0.25, 0.3) is 0 Å². The zero-order valence-electron chi connectivity index (χ0n) is 10.5. The molecule has 1 saturated heterocycles. The van der Waals surface area contributed by atoms with Crippen LogP contribution >= 0.6 is 0 Å². The first kappa shape index (κ1) is 12.7. The number of likely N-dealkylation sites (N-methyl/N-ethyl adjacent to an activating group) is 1. The van der Waals surface area contributed by atoms with Crippen LogP contribution in [0.1, 0.15) is 26.7 Å². The molecule has 1 aliphatic rings. The highest BCUT2D eigenvalue weighted by molar-refractivity contribution is 5.82. The highest BCUT2D eigenvalue weighted by Crippen LogP contribution is 2.14. The number of rotatable bonds is 4. The molecule has 0 N–H and O–H groups in total. The maximum absolute atomic E-state index is 11.6. The van der Waals surface area contributed by atoms with Crippen LogP contribution in [0.2, 0.25) is 0 Å². The molecule has 15 heavy (non-hydrogen) atoms. The van der Waals surface area contributed by atoms with Gasteiger partial charge in [0.1, 0.15) is 5.78 Å². The molecule has 3 heteroatoms. The first-order valence-corrected chi connectivity index (χ1v) is 5.92. The fourth-order valence-corrected chi connectivity index (χ4v) is 1.99. The van der Waals surface area contributed by atoms with Crippen LogP contribution in [0.15, 0.2) is 0 Å². The van der Waals surface area contributed by atoms with Gasteiger partial charge >= 0.3 is 0 Å². The van der Waals surface area contributed by atoms with Crippen molar-refractivity contribution in [2.45, 2.75) is 32.7 Å². The van der Waals surface area contributed by atoms with Crippen LogP contribution in [0.5, 0.6) is 0 Å². The Kier molecular flexibility index (Phi) is 4.74. The highest BCUT2D eigenvalue weighted by Gasteiger charge is 2.22. The summed E-state index contributed by atoms with van der Waals surface area (Å²) in [6, 6.07) is 0.601. The maximum atomic E-state index is 11.6. The lowest BCUT2D eigenvalue weighted by molar-refractivity contribution is -0.123. The average Bonchev–Trinajstić information content (AvgIpc) is 2.18. The number of carbonyl (C=O) groups is 1. The first-order chi connectivity index (χ1) is 7.00. The smallest absolute Gasteiger partial charge is 0.149 e. The molecule has 0 amide bonds. The highest BCUT2D eigenvalue weighted by atomic mass is 16.1.